The molecule has 0 radical (unpaired) electrons. The van der Waals surface area contributed by atoms with Crippen LogP contribution >= 0.6 is 0 Å². The molecule has 2 unspecified atom stereocenters. The summed E-state index contributed by atoms with van der Waals surface area (Å²) in [7, 11) is 1.68. The zero-order valence-electron chi connectivity index (χ0n) is 12.1. The zero-order valence-corrected chi connectivity index (χ0v) is 12.1. The van der Waals surface area contributed by atoms with Gasteiger partial charge in [-0.05, 0) is 25.3 Å². The molecule has 2 heterocycles. The molecule has 2 fully saturated rings. The van der Waals surface area contributed by atoms with Crippen molar-refractivity contribution in [1.29, 1.82) is 0 Å². The van der Waals surface area contributed by atoms with Gasteiger partial charge in [0.05, 0.1) is 33.0 Å². The smallest absolute Gasteiger partial charge is 0.0701 e. The minimum atomic E-state index is 0.654. The van der Waals surface area contributed by atoms with Gasteiger partial charge in [-0.1, -0.05) is 0 Å². The van der Waals surface area contributed by atoms with Gasteiger partial charge in [0.25, 0.3) is 0 Å². The molecule has 0 aliphatic carbocycles. The van der Waals surface area contributed by atoms with Crippen LogP contribution in [-0.2, 0) is 14.2 Å². The minimum Gasteiger partial charge on any atom is -0.382 e. The molecule has 0 bridgehead atoms. The summed E-state index contributed by atoms with van der Waals surface area (Å²) >= 11 is 0. The highest BCUT2D eigenvalue weighted by Crippen LogP contribution is 2.24. The van der Waals surface area contributed by atoms with Gasteiger partial charge < -0.3 is 19.5 Å². The Balaban J connectivity index is 1.43. The highest BCUT2D eigenvalue weighted by molar-refractivity contribution is 4.91. The topological polar surface area (TPSA) is 43.0 Å². The van der Waals surface area contributed by atoms with Crippen LogP contribution in [0.25, 0.3) is 0 Å². The van der Waals surface area contributed by atoms with Crippen LogP contribution in [0.15, 0.2) is 0 Å². The fourth-order valence-corrected chi connectivity index (χ4v) is 2.98. The number of methoxy groups -OCH3 is 1. The Morgan fingerprint density at radius 3 is 2.63 bits per heavy atom. The molecule has 0 aromatic rings. The lowest BCUT2D eigenvalue weighted by molar-refractivity contribution is 0.0205. The number of hydrogen-bond acceptors (Lipinski definition) is 5. The molecular weight excluding hydrogens is 244 g/mol. The van der Waals surface area contributed by atoms with E-state index in [0.717, 1.165) is 25.1 Å². The van der Waals surface area contributed by atoms with Gasteiger partial charge in [0.2, 0.25) is 0 Å². The van der Waals surface area contributed by atoms with Crippen LogP contribution in [-0.4, -0.2) is 77.3 Å². The van der Waals surface area contributed by atoms with Gasteiger partial charge in [0.15, 0.2) is 0 Å². The molecular formula is C14H28N2O3. The first kappa shape index (κ1) is 15.2. The van der Waals surface area contributed by atoms with E-state index < -0.39 is 0 Å². The summed E-state index contributed by atoms with van der Waals surface area (Å²) in [5.41, 5.74) is 0. The van der Waals surface area contributed by atoms with Crippen LogP contribution in [0.5, 0.6) is 0 Å². The Morgan fingerprint density at radius 1 is 1.05 bits per heavy atom. The third-order valence-electron chi connectivity index (χ3n) is 4.03. The molecule has 2 aliphatic rings. The maximum atomic E-state index is 5.60. The molecule has 5 nitrogen and oxygen atoms in total. The van der Waals surface area contributed by atoms with E-state index in [9.17, 15) is 0 Å². The molecule has 0 aromatic heterocycles. The summed E-state index contributed by atoms with van der Waals surface area (Å²) in [6.45, 7) is 8.15. The number of rotatable bonds is 9. The maximum absolute atomic E-state index is 5.60. The summed E-state index contributed by atoms with van der Waals surface area (Å²) in [6.07, 6.45) is 2.73. The molecule has 0 saturated carbocycles. The third kappa shape index (κ3) is 5.36. The van der Waals surface area contributed by atoms with Crippen molar-refractivity contribution in [2.45, 2.75) is 18.9 Å². The molecule has 0 amide bonds. The van der Waals surface area contributed by atoms with Crippen molar-refractivity contribution in [3.05, 3.63) is 0 Å². The number of nitrogens with zero attached hydrogens (tertiary/aromatic N) is 1. The molecule has 112 valence electrons. The summed E-state index contributed by atoms with van der Waals surface area (Å²) < 4.78 is 15.9. The SMILES string of the molecule is COCCOCCOCCN1CC2CCCNC2C1. The second-order valence-corrected chi connectivity index (χ2v) is 5.44. The number of ether oxygens (including phenoxy) is 3. The average Bonchev–Trinajstić information content (AvgIpc) is 2.84. The number of hydrogen-bond donors (Lipinski definition) is 1. The van der Waals surface area contributed by atoms with Crippen molar-refractivity contribution in [3.63, 3.8) is 0 Å². The normalized spacial score (nSPS) is 27.6. The first-order valence-electron chi connectivity index (χ1n) is 7.50. The largest absolute Gasteiger partial charge is 0.382 e. The standard InChI is InChI=1S/C14H28N2O3/c1-17-7-8-19-10-9-18-6-5-16-11-13-3-2-4-15-14(13)12-16/h13-15H,2-12H2,1H3. The summed E-state index contributed by atoms with van der Waals surface area (Å²) in [4.78, 5) is 2.53. The molecule has 19 heavy (non-hydrogen) atoms. The average molecular weight is 272 g/mol. The lowest BCUT2D eigenvalue weighted by atomic mass is 9.94. The van der Waals surface area contributed by atoms with E-state index in [0.29, 0.717) is 26.4 Å². The fraction of sp³-hybridized carbons (Fsp3) is 1.00. The van der Waals surface area contributed by atoms with Crippen LogP contribution in [0.4, 0.5) is 0 Å². The predicted molar refractivity (Wildman–Crippen MR) is 74.5 cm³/mol. The molecule has 5 heteroatoms. The van der Waals surface area contributed by atoms with Gasteiger partial charge >= 0.3 is 0 Å². The van der Waals surface area contributed by atoms with E-state index in [-0.39, 0.29) is 0 Å². The van der Waals surface area contributed by atoms with Gasteiger partial charge in [-0.25, -0.2) is 0 Å². The first-order chi connectivity index (χ1) is 9.40. The number of nitrogens with one attached hydrogen (secondary N) is 1. The first-order valence-corrected chi connectivity index (χ1v) is 7.50. The molecule has 0 spiro atoms. The van der Waals surface area contributed by atoms with E-state index in [4.69, 9.17) is 14.2 Å². The highest BCUT2D eigenvalue weighted by Gasteiger charge is 2.33. The van der Waals surface area contributed by atoms with E-state index in [1.165, 1.54) is 32.5 Å². The third-order valence-corrected chi connectivity index (χ3v) is 4.03. The number of fused-ring (bicyclic) bond motifs is 1. The van der Waals surface area contributed by atoms with Crippen LogP contribution in [0.3, 0.4) is 0 Å². The van der Waals surface area contributed by atoms with Crippen molar-refractivity contribution in [1.82, 2.24) is 10.2 Å². The Hall–Kier alpha value is -0.200. The summed E-state index contributed by atoms with van der Waals surface area (Å²) in [5.74, 6) is 0.867. The predicted octanol–water partition coefficient (Wildman–Crippen LogP) is 0.350. The number of likely N-dealkylation sites (tertiary alicyclic amines) is 1. The number of piperidine rings is 1. The molecule has 1 N–H and O–H groups in total. The summed E-state index contributed by atoms with van der Waals surface area (Å²) in [5, 5.41) is 3.63. The minimum absolute atomic E-state index is 0.654. The van der Waals surface area contributed by atoms with Crippen LogP contribution in [0.1, 0.15) is 12.8 Å². The van der Waals surface area contributed by atoms with Crippen LogP contribution in [0.2, 0.25) is 0 Å². The molecule has 2 rings (SSSR count). The van der Waals surface area contributed by atoms with Gasteiger partial charge in [-0.15, -0.1) is 0 Å². The van der Waals surface area contributed by atoms with E-state index in [1.807, 2.05) is 0 Å². The van der Waals surface area contributed by atoms with Crippen molar-refractivity contribution in [2.75, 3.05) is 66.3 Å². The van der Waals surface area contributed by atoms with Gasteiger partial charge in [-0.2, -0.15) is 0 Å². The maximum Gasteiger partial charge on any atom is 0.0701 e. The second-order valence-electron chi connectivity index (χ2n) is 5.44. The fourth-order valence-electron chi connectivity index (χ4n) is 2.98. The second kappa shape index (κ2) is 8.87. The zero-order chi connectivity index (χ0) is 13.3. The van der Waals surface area contributed by atoms with E-state index in [1.54, 1.807) is 7.11 Å². The van der Waals surface area contributed by atoms with Crippen LogP contribution in [0, 0.1) is 5.92 Å². The molecule has 2 atom stereocenters. The summed E-state index contributed by atoms with van der Waals surface area (Å²) in [6, 6.07) is 0.728. The molecule has 2 aliphatic heterocycles. The van der Waals surface area contributed by atoms with E-state index in [2.05, 4.69) is 10.2 Å². The van der Waals surface area contributed by atoms with Crippen molar-refractivity contribution in [3.8, 4) is 0 Å². The highest BCUT2D eigenvalue weighted by atomic mass is 16.5. The monoisotopic (exact) mass is 272 g/mol. The Morgan fingerprint density at radius 2 is 1.84 bits per heavy atom. The van der Waals surface area contributed by atoms with Gasteiger partial charge in [0, 0.05) is 32.8 Å². The Labute approximate surface area is 116 Å². The van der Waals surface area contributed by atoms with E-state index >= 15 is 0 Å². The Kier molecular flexibility index (Phi) is 7.09. The quantitative estimate of drug-likeness (QED) is 0.614. The van der Waals surface area contributed by atoms with Crippen molar-refractivity contribution >= 4 is 0 Å². The van der Waals surface area contributed by atoms with Crippen molar-refractivity contribution in [2.24, 2.45) is 5.92 Å². The van der Waals surface area contributed by atoms with Crippen LogP contribution < -0.4 is 5.32 Å². The lowest BCUT2D eigenvalue weighted by Gasteiger charge is -2.24. The Bertz CT molecular complexity index is 227. The molecule has 0 aromatic carbocycles. The molecule has 2 saturated heterocycles. The van der Waals surface area contributed by atoms with Gasteiger partial charge in [-0.3, -0.25) is 4.90 Å². The van der Waals surface area contributed by atoms with Crippen molar-refractivity contribution < 1.29 is 14.2 Å². The van der Waals surface area contributed by atoms with Gasteiger partial charge in [0.1, 0.15) is 0 Å². The lowest BCUT2D eigenvalue weighted by Crippen LogP contribution is -2.40.